The minimum Gasteiger partial charge on any atom is -0.480 e. The number of morpholine rings is 1. The lowest BCUT2D eigenvalue weighted by atomic mass is 10.4. The van der Waals surface area contributed by atoms with Crippen molar-refractivity contribution in [2.24, 2.45) is 0 Å². The van der Waals surface area contributed by atoms with Gasteiger partial charge in [-0.15, -0.1) is 5.10 Å². The zero-order valence-corrected chi connectivity index (χ0v) is 10.7. The fourth-order valence-electron chi connectivity index (χ4n) is 1.62. The maximum absolute atomic E-state index is 10.6. The van der Waals surface area contributed by atoms with E-state index in [1.807, 2.05) is 0 Å². The summed E-state index contributed by atoms with van der Waals surface area (Å²) in [5, 5.41) is 20.2. The molecule has 0 saturated carbocycles. The first-order chi connectivity index (χ1) is 8.75. The second kappa shape index (κ2) is 6.66. The average Bonchev–Trinajstić information content (AvgIpc) is 2.77. The van der Waals surface area contributed by atoms with Gasteiger partial charge < -0.3 is 9.84 Å². The average molecular weight is 273 g/mol. The number of aliphatic carboxylic acids is 1. The first-order valence-electron chi connectivity index (χ1n) is 5.66. The molecule has 1 aromatic rings. The number of nitrogens with zero attached hydrogens (tertiary/aromatic N) is 5. The number of carbonyl (C=O) groups is 1. The van der Waals surface area contributed by atoms with Gasteiger partial charge in [-0.3, -0.25) is 9.69 Å². The molecule has 100 valence electrons. The Morgan fingerprint density at radius 1 is 1.44 bits per heavy atom. The van der Waals surface area contributed by atoms with E-state index in [1.54, 1.807) is 0 Å². The molecule has 1 fully saturated rings. The number of tetrazole rings is 1. The number of hydrogen-bond donors (Lipinski definition) is 1. The van der Waals surface area contributed by atoms with Crippen LogP contribution in [0.15, 0.2) is 5.16 Å². The van der Waals surface area contributed by atoms with Gasteiger partial charge in [0, 0.05) is 25.4 Å². The summed E-state index contributed by atoms with van der Waals surface area (Å²) in [7, 11) is 0. The Labute approximate surface area is 108 Å². The van der Waals surface area contributed by atoms with Crippen molar-refractivity contribution in [1.29, 1.82) is 0 Å². The van der Waals surface area contributed by atoms with E-state index in [1.165, 1.54) is 16.4 Å². The maximum atomic E-state index is 10.6. The van der Waals surface area contributed by atoms with E-state index in [9.17, 15) is 4.79 Å². The Morgan fingerprint density at radius 3 is 2.94 bits per heavy atom. The van der Waals surface area contributed by atoms with Crippen LogP contribution >= 0.6 is 11.8 Å². The predicted octanol–water partition coefficient (Wildman–Crippen LogP) is -0.818. The number of carboxylic acids is 1. The molecule has 0 aliphatic carbocycles. The van der Waals surface area contributed by atoms with Crippen molar-refractivity contribution in [2.75, 3.05) is 38.6 Å². The van der Waals surface area contributed by atoms with Crippen LogP contribution in [0.3, 0.4) is 0 Å². The summed E-state index contributed by atoms with van der Waals surface area (Å²) >= 11 is 1.47. The van der Waals surface area contributed by atoms with Crippen LogP contribution in [-0.4, -0.2) is 74.8 Å². The molecule has 0 aromatic carbocycles. The fourth-order valence-corrected chi connectivity index (χ4v) is 2.49. The van der Waals surface area contributed by atoms with Gasteiger partial charge in [0.1, 0.15) is 6.54 Å². The van der Waals surface area contributed by atoms with Crippen LogP contribution < -0.4 is 0 Å². The summed E-state index contributed by atoms with van der Waals surface area (Å²) in [6.45, 7) is 4.17. The van der Waals surface area contributed by atoms with Crippen LogP contribution in [0, 0.1) is 0 Å². The van der Waals surface area contributed by atoms with Crippen LogP contribution in [-0.2, 0) is 16.1 Å². The van der Waals surface area contributed by atoms with E-state index in [4.69, 9.17) is 9.84 Å². The molecule has 18 heavy (non-hydrogen) atoms. The lowest BCUT2D eigenvalue weighted by Gasteiger charge is -2.26. The highest BCUT2D eigenvalue weighted by Crippen LogP contribution is 2.13. The standard InChI is InChI=1S/C9H15N5O3S/c15-8(16)7-14-9(10-11-12-14)18-6-3-13-1-4-17-5-2-13/h1-7H2,(H,15,16). The molecular formula is C9H15N5O3S. The van der Waals surface area contributed by atoms with Crippen LogP contribution in [0.5, 0.6) is 0 Å². The van der Waals surface area contributed by atoms with Crippen molar-refractivity contribution in [1.82, 2.24) is 25.1 Å². The molecule has 0 spiro atoms. The molecule has 2 heterocycles. The molecule has 0 atom stereocenters. The van der Waals surface area contributed by atoms with Crippen LogP contribution in [0.25, 0.3) is 0 Å². The Balaban J connectivity index is 1.75. The van der Waals surface area contributed by atoms with Gasteiger partial charge in [-0.25, -0.2) is 4.68 Å². The van der Waals surface area contributed by atoms with Crippen molar-refractivity contribution in [3.05, 3.63) is 0 Å². The normalized spacial score (nSPS) is 16.9. The highest BCUT2D eigenvalue weighted by atomic mass is 32.2. The SMILES string of the molecule is O=C(O)Cn1nnnc1SCCN1CCOCC1. The second-order valence-corrected chi connectivity index (χ2v) is 4.88. The van der Waals surface area contributed by atoms with Gasteiger partial charge in [0.15, 0.2) is 0 Å². The highest BCUT2D eigenvalue weighted by Gasteiger charge is 2.12. The molecule has 0 radical (unpaired) electrons. The topological polar surface area (TPSA) is 93.4 Å². The molecule has 9 heteroatoms. The number of rotatable bonds is 6. The van der Waals surface area contributed by atoms with Crippen molar-refractivity contribution in [3.8, 4) is 0 Å². The Kier molecular flexibility index (Phi) is 4.90. The summed E-state index contributed by atoms with van der Waals surface area (Å²) in [5.41, 5.74) is 0. The first kappa shape index (κ1) is 13.2. The monoisotopic (exact) mass is 273 g/mol. The summed E-state index contributed by atoms with van der Waals surface area (Å²) in [6, 6.07) is 0. The molecule has 2 rings (SSSR count). The van der Waals surface area contributed by atoms with Crippen LogP contribution in [0.1, 0.15) is 0 Å². The second-order valence-electron chi connectivity index (χ2n) is 3.82. The zero-order chi connectivity index (χ0) is 12.8. The molecule has 0 bridgehead atoms. The lowest BCUT2D eigenvalue weighted by Crippen LogP contribution is -2.37. The van der Waals surface area contributed by atoms with E-state index in [0.717, 1.165) is 38.6 Å². The number of hydrogen-bond acceptors (Lipinski definition) is 7. The minimum atomic E-state index is -0.947. The summed E-state index contributed by atoms with van der Waals surface area (Å²) in [4.78, 5) is 12.9. The molecule has 1 aliphatic heterocycles. The molecule has 1 N–H and O–H groups in total. The third kappa shape index (κ3) is 3.93. The predicted molar refractivity (Wildman–Crippen MR) is 63.4 cm³/mol. The minimum absolute atomic E-state index is 0.202. The van der Waals surface area contributed by atoms with Gasteiger partial charge in [-0.05, 0) is 10.4 Å². The largest absolute Gasteiger partial charge is 0.480 e. The zero-order valence-electron chi connectivity index (χ0n) is 9.86. The maximum Gasteiger partial charge on any atom is 0.325 e. The molecule has 1 saturated heterocycles. The van der Waals surface area contributed by atoms with E-state index in [0.29, 0.717) is 5.16 Å². The molecule has 0 amide bonds. The smallest absolute Gasteiger partial charge is 0.325 e. The third-order valence-corrected chi connectivity index (χ3v) is 3.46. The number of carboxylic acid groups (broad SMARTS) is 1. The van der Waals surface area contributed by atoms with Crippen molar-refractivity contribution in [3.63, 3.8) is 0 Å². The van der Waals surface area contributed by atoms with Gasteiger partial charge in [-0.2, -0.15) is 0 Å². The van der Waals surface area contributed by atoms with Crippen molar-refractivity contribution < 1.29 is 14.6 Å². The summed E-state index contributed by atoms with van der Waals surface area (Å²) < 4.78 is 6.56. The van der Waals surface area contributed by atoms with E-state index in [-0.39, 0.29) is 6.54 Å². The Hall–Kier alpha value is -1.19. The van der Waals surface area contributed by atoms with Gasteiger partial charge in [-0.1, -0.05) is 11.8 Å². The highest BCUT2D eigenvalue weighted by molar-refractivity contribution is 7.99. The molecule has 8 nitrogen and oxygen atoms in total. The fraction of sp³-hybridized carbons (Fsp3) is 0.778. The molecular weight excluding hydrogens is 258 g/mol. The van der Waals surface area contributed by atoms with Gasteiger partial charge in [0.25, 0.3) is 0 Å². The number of thioether (sulfide) groups is 1. The Bertz CT molecular complexity index is 393. The lowest BCUT2D eigenvalue weighted by molar-refractivity contribution is -0.138. The van der Waals surface area contributed by atoms with Crippen molar-refractivity contribution in [2.45, 2.75) is 11.7 Å². The van der Waals surface area contributed by atoms with E-state index in [2.05, 4.69) is 20.4 Å². The number of ether oxygens (including phenoxy) is 1. The van der Waals surface area contributed by atoms with Crippen LogP contribution in [0.2, 0.25) is 0 Å². The third-order valence-electron chi connectivity index (χ3n) is 2.53. The van der Waals surface area contributed by atoms with Crippen LogP contribution in [0.4, 0.5) is 0 Å². The summed E-state index contributed by atoms with van der Waals surface area (Å²) in [6.07, 6.45) is 0. The van der Waals surface area contributed by atoms with Gasteiger partial charge >= 0.3 is 5.97 Å². The van der Waals surface area contributed by atoms with Gasteiger partial charge in [0.2, 0.25) is 5.16 Å². The quantitative estimate of drug-likeness (QED) is 0.672. The number of aromatic nitrogens is 4. The first-order valence-corrected chi connectivity index (χ1v) is 6.65. The van der Waals surface area contributed by atoms with Crippen molar-refractivity contribution >= 4 is 17.7 Å². The van der Waals surface area contributed by atoms with E-state index < -0.39 is 5.97 Å². The Morgan fingerprint density at radius 2 is 2.22 bits per heavy atom. The summed E-state index contributed by atoms with van der Waals surface area (Å²) in [5.74, 6) is -0.114. The van der Waals surface area contributed by atoms with E-state index >= 15 is 0 Å². The van der Waals surface area contributed by atoms with Gasteiger partial charge in [0.05, 0.1) is 13.2 Å². The molecule has 1 aliphatic rings. The molecule has 0 unspecified atom stereocenters. The molecule has 1 aromatic heterocycles.